The van der Waals surface area contributed by atoms with E-state index >= 15 is 0 Å². The van der Waals surface area contributed by atoms with E-state index < -0.39 is 24.9 Å². The second-order valence-electron chi connectivity index (χ2n) is 5.62. The molecule has 1 atom stereocenters. The van der Waals surface area contributed by atoms with Gasteiger partial charge in [0.15, 0.2) is 5.37 Å². The molecule has 0 unspecified atom stereocenters. The second kappa shape index (κ2) is 7.54. The number of rotatable bonds is 4. The van der Waals surface area contributed by atoms with Crippen molar-refractivity contribution in [2.75, 3.05) is 0 Å². The lowest BCUT2D eigenvalue weighted by Crippen LogP contribution is -2.49. The van der Waals surface area contributed by atoms with E-state index in [0.29, 0.717) is 0 Å². The van der Waals surface area contributed by atoms with Crippen molar-refractivity contribution in [3.05, 3.63) is 65.2 Å². The van der Waals surface area contributed by atoms with Gasteiger partial charge in [-0.15, -0.1) is 0 Å². The number of sulfone groups is 1. The molecule has 0 aliphatic heterocycles. The Labute approximate surface area is 162 Å². The molecule has 0 spiro atoms. The molecule has 0 fully saturated rings. The topological polar surface area (TPSA) is 63.2 Å². The van der Waals surface area contributed by atoms with Gasteiger partial charge in [-0.05, 0) is 38.1 Å². The number of alkyl halides is 3. The Morgan fingerprint density at radius 3 is 2.12 bits per heavy atom. The lowest BCUT2D eigenvalue weighted by molar-refractivity contribution is 0.0948. The first kappa shape index (κ1) is 20.0. The summed E-state index contributed by atoms with van der Waals surface area (Å²) in [4.78, 5) is 12.4. The highest BCUT2D eigenvalue weighted by Crippen LogP contribution is 2.36. The molecule has 0 heterocycles. The summed E-state index contributed by atoms with van der Waals surface area (Å²) in [5, 5.41) is 0.596. The molecule has 2 aromatic carbocycles. The number of hydrogen-bond acceptors (Lipinski definition) is 3. The minimum Gasteiger partial charge on any atom is -0.332 e. The number of hydrogen-bond donors (Lipinski definition) is 1. The van der Waals surface area contributed by atoms with Gasteiger partial charge >= 0.3 is 0 Å². The van der Waals surface area contributed by atoms with E-state index in [1.807, 2.05) is 19.9 Å². The highest BCUT2D eigenvalue weighted by Gasteiger charge is 2.44. The summed E-state index contributed by atoms with van der Waals surface area (Å²) in [6.07, 6.45) is 0. The maximum atomic E-state index is 12.9. The highest BCUT2D eigenvalue weighted by atomic mass is 35.6. The molecular formula is C17H16Cl3NO3S. The van der Waals surface area contributed by atoms with Gasteiger partial charge in [0.1, 0.15) is 0 Å². The average Bonchev–Trinajstić information content (AvgIpc) is 2.51. The van der Waals surface area contributed by atoms with E-state index in [1.54, 1.807) is 30.3 Å². The van der Waals surface area contributed by atoms with E-state index in [4.69, 9.17) is 34.8 Å². The summed E-state index contributed by atoms with van der Waals surface area (Å²) >= 11 is 17.6. The second-order valence-corrected chi connectivity index (χ2v) is 10.0. The maximum absolute atomic E-state index is 12.9. The van der Waals surface area contributed by atoms with E-state index in [9.17, 15) is 13.2 Å². The summed E-state index contributed by atoms with van der Waals surface area (Å²) in [6, 6.07) is 12.7. The minimum absolute atomic E-state index is 0.0426. The van der Waals surface area contributed by atoms with Crippen molar-refractivity contribution in [1.29, 1.82) is 0 Å². The number of carbonyl (C=O) groups excluding carboxylic acids is 1. The number of halogens is 3. The zero-order chi connectivity index (χ0) is 18.8. The van der Waals surface area contributed by atoms with Crippen LogP contribution in [0.15, 0.2) is 53.4 Å². The highest BCUT2D eigenvalue weighted by molar-refractivity contribution is 7.92. The Hall–Kier alpha value is -1.27. The fraction of sp³-hybridized carbons (Fsp3) is 0.235. The van der Waals surface area contributed by atoms with Gasteiger partial charge in [-0.2, -0.15) is 0 Å². The van der Waals surface area contributed by atoms with Gasteiger partial charge in [-0.1, -0.05) is 70.2 Å². The van der Waals surface area contributed by atoms with Gasteiger partial charge in [0, 0.05) is 5.56 Å². The molecule has 0 aliphatic rings. The van der Waals surface area contributed by atoms with Gasteiger partial charge < -0.3 is 5.32 Å². The zero-order valence-corrected chi connectivity index (χ0v) is 16.5. The number of carbonyl (C=O) groups is 1. The predicted molar refractivity (Wildman–Crippen MR) is 101 cm³/mol. The van der Waals surface area contributed by atoms with E-state index in [0.717, 1.165) is 11.1 Å². The third-order valence-corrected chi connectivity index (χ3v) is 6.56. The van der Waals surface area contributed by atoms with Gasteiger partial charge in [0.2, 0.25) is 13.6 Å². The van der Waals surface area contributed by atoms with Crippen LogP contribution < -0.4 is 5.32 Å². The van der Waals surface area contributed by atoms with Crippen molar-refractivity contribution in [1.82, 2.24) is 5.32 Å². The summed E-state index contributed by atoms with van der Waals surface area (Å²) < 4.78 is 23.5. The maximum Gasteiger partial charge on any atom is 0.252 e. The molecule has 0 saturated carbocycles. The molecule has 25 heavy (non-hydrogen) atoms. The van der Waals surface area contributed by atoms with Gasteiger partial charge in [-0.3, -0.25) is 4.79 Å². The smallest absolute Gasteiger partial charge is 0.252 e. The quantitative estimate of drug-likeness (QED) is 0.754. The molecule has 0 radical (unpaired) electrons. The van der Waals surface area contributed by atoms with Gasteiger partial charge in [0.05, 0.1) is 4.90 Å². The third kappa shape index (κ3) is 4.88. The fourth-order valence-electron chi connectivity index (χ4n) is 2.19. The number of benzene rings is 2. The zero-order valence-electron chi connectivity index (χ0n) is 13.5. The Morgan fingerprint density at radius 2 is 1.60 bits per heavy atom. The molecule has 0 aliphatic carbocycles. The Kier molecular flexibility index (Phi) is 6.05. The van der Waals surface area contributed by atoms with Crippen molar-refractivity contribution in [3.63, 3.8) is 0 Å². The molecule has 2 rings (SSSR count). The van der Waals surface area contributed by atoms with Crippen LogP contribution in [0.25, 0.3) is 0 Å². The Bertz CT molecular complexity index is 875. The Balaban J connectivity index is 2.40. The minimum atomic E-state index is -4.12. The van der Waals surface area contributed by atoms with Crippen molar-refractivity contribution in [2.45, 2.75) is 27.9 Å². The molecule has 1 N–H and O–H groups in total. The van der Waals surface area contributed by atoms with E-state index in [1.165, 1.54) is 12.1 Å². The molecule has 2 aromatic rings. The van der Waals surface area contributed by atoms with Crippen LogP contribution in [0.2, 0.25) is 0 Å². The standard InChI is InChI=1S/C17H16Cl3NO3S/c1-11-6-8-14(9-7-11)25(23,24)16(17(18,19)20)21-15(22)13-5-3-4-12(2)10-13/h3-10,16H,1-2H3,(H,21,22)/t16-/m1/s1. The van der Waals surface area contributed by atoms with Crippen LogP contribution >= 0.6 is 34.8 Å². The summed E-state index contributed by atoms with van der Waals surface area (Å²) in [6.45, 7) is 3.63. The first-order valence-electron chi connectivity index (χ1n) is 7.26. The van der Waals surface area contributed by atoms with Crippen LogP contribution in [0.4, 0.5) is 0 Å². The lowest BCUT2D eigenvalue weighted by atomic mass is 10.1. The van der Waals surface area contributed by atoms with Crippen molar-refractivity contribution < 1.29 is 13.2 Å². The van der Waals surface area contributed by atoms with Gasteiger partial charge in [-0.25, -0.2) is 8.42 Å². The molecule has 0 aromatic heterocycles. The normalized spacial score (nSPS) is 13.3. The van der Waals surface area contributed by atoms with Crippen LogP contribution in [0, 0.1) is 13.8 Å². The molecular weight excluding hydrogens is 405 g/mol. The van der Waals surface area contributed by atoms with Crippen molar-refractivity contribution in [3.8, 4) is 0 Å². The predicted octanol–water partition coefficient (Wildman–Crippen LogP) is 4.20. The lowest BCUT2D eigenvalue weighted by Gasteiger charge is -2.25. The summed E-state index contributed by atoms with van der Waals surface area (Å²) in [5.41, 5.74) is 2.01. The van der Waals surface area contributed by atoms with Crippen molar-refractivity contribution >= 4 is 50.5 Å². The van der Waals surface area contributed by atoms with Crippen molar-refractivity contribution in [2.24, 2.45) is 0 Å². The molecule has 1 amide bonds. The molecule has 4 nitrogen and oxygen atoms in total. The number of nitrogens with one attached hydrogen (secondary N) is 1. The fourth-order valence-corrected chi connectivity index (χ4v) is 4.81. The van der Waals surface area contributed by atoms with Crippen LogP contribution in [0.1, 0.15) is 21.5 Å². The average molecular weight is 421 g/mol. The SMILES string of the molecule is Cc1ccc(S(=O)(=O)[C@@H](NC(=O)c2cccc(C)c2)C(Cl)(Cl)Cl)cc1. The number of amides is 1. The van der Waals surface area contributed by atoms with E-state index in [2.05, 4.69) is 5.32 Å². The third-order valence-electron chi connectivity index (χ3n) is 3.50. The van der Waals surface area contributed by atoms with Crippen LogP contribution in [-0.4, -0.2) is 23.5 Å². The van der Waals surface area contributed by atoms with Crippen LogP contribution in [-0.2, 0) is 9.84 Å². The van der Waals surface area contributed by atoms with E-state index in [-0.39, 0.29) is 10.5 Å². The number of aryl methyl sites for hydroxylation is 2. The monoisotopic (exact) mass is 419 g/mol. The summed E-state index contributed by atoms with van der Waals surface area (Å²) in [7, 11) is -4.12. The molecule has 134 valence electrons. The summed E-state index contributed by atoms with van der Waals surface area (Å²) in [5.74, 6) is -0.643. The largest absolute Gasteiger partial charge is 0.332 e. The van der Waals surface area contributed by atoms with Crippen LogP contribution in [0.3, 0.4) is 0 Å². The molecule has 0 saturated heterocycles. The molecule has 0 bridgehead atoms. The first-order chi connectivity index (χ1) is 11.5. The first-order valence-corrected chi connectivity index (χ1v) is 9.94. The van der Waals surface area contributed by atoms with Crippen LogP contribution in [0.5, 0.6) is 0 Å². The molecule has 8 heteroatoms. The van der Waals surface area contributed by atoms with Gasteiger partial charge in [0.25, 0.3) is 5.91 Å². The Morgan fingerprint density at radius 1 is 1.00 bits per heavy atom.